The van der Waals surface area contributed by atoms with E-state index in [1.807, 2.05) is 7.11 Å². The van der Waals surface area contributed by atoms with Crippen molar-refractivity contribution in [2.45, 2.75) is 58.3 Å². The molecule has 0 bridgehead atoms. The fourth-order valence-corrected chi connectivity index (χ4v) is 4.54. The minimum atomic E-state index is 1.06. The van der Waals surface area contributed by atoms with E-state index in [-0.39, 0.29) is 0 Å². The highest BCUT2D eigenvalue weighted by atomic mass is 16.5. The number of rotatable bonds is 2. The molecule has 1 heteroatoms. The van der Waals surface area contributed by atoms with Gasteiger partial charge in [0.05, 0.1) is 7.11 Å². The van der Waals surface area contributed by atoms with Crippen molar-refractivity contribution in [1.82, 2.24) is 0 Å². The molecule has 2 aromatic rings. The van der Waals surface area contributed by atoms with Gasteiger partial charge in [-0.2, -0.15) is 0 Å². The third-order valence-corrected chi connectivity index (χ3v) is 5.71. The Balaban J connectivity index is 2.01. The Kier molecular flexibility index (Phi) is 3.88. The van der Waals surface area contributed by atoms with E-state index in [1.165, 1.54) is 68.1 Å². The summed E-state index contributed by atoms with van der Waals surface area (Å²) in [6, 6.07) is 9.17. The molecule has 1 nitrogen and oxygen atoms in total. The zero-order valence-electron chi connectivity index (χ0n) is 14.4. The predicted molar refractivity (Wildman–Crippen MR) is 96.5 cm³/mol. The molecule has 0 fully saturated rings. The van der Waals surface area contributed by atoms with Crippen LogP contribution in [0.1, 0.15) is 53.5 Å². The lowest BCUT2D eigenvalue weighted by Gasteiger charge is -2.27. The topological polar surface area (TPSA) is 9.23 Å². The number of benzene rings is 2. The molecular weight excluding hydrogens is 280 g/mol. The molecule has 0 atom stereocenters. The molecule has 2 aromatic carbocycles. The summed E-state index contributed by atoms with van der Waals surface area (Å²) in [5.74, 6) is 1.06. The van der Waals surface area contributed by atoms with Crippen LogP contribution in [0, 0.1) is 6.92 Å². The molecule has 0 unspecified atom stereocenters. The van der Waals surface area contributed by atoms with Crippen LogP contribution in [0.15, 0.2) is 24.3 Å². The van der Waals surface area contributed by atoms with Gasteiger partial charge in [0, 0.05) is 5.56 Å². The van der Waals surface area contributed by atoms with E-state index in [9.17, 15) is 0 Å². The summed E-state index contributed by atoms with van der Waals surface area (Å²) in [7, 11) is 1.82. The van der Waals surface area contributed by atoms with Crippen LogP contribution in [0.25, 0.3) is 11.1 Å². The van der Waals surface area contributed by atoms with Gasteiger partial charge in [-0.05, 0) is 97.7 Å². The number of hydrogen-bond donors (Lipinski definition) is 0. The van der Waals surface area contributed by atoms with E-state index in [0.717, 1.165) is 5.75 Å². The Morgan fingerprint density at radius 2 is 1.26 bits per heavy atom. The highest BCUT2D eigenvalue weighted by Gasteiger charge is 2.24. The zero-order chi connectivity index (χ0) is 15.8. The molecule has 0 radical (unpaired) electrons. The summed E-state index contributed by atoms with van der Waals surface area (Å²) < 4.78 is 5.81. The Labute approximate surface area is 139 Å². The second-order valence-corrected chi connectivity index (χ2v) is 7.09. The van der Waals surface area contributed by atoms with E-state index >= 15 is 0 Å². The Morgan fingerprint density at radius 1 is 0.696 bits per heavy atom. The van der Waals surface area contributed by atoms with Gasteiger partial charge < -0.3 is 4.74 Å². The first kappa shape index (κ1) is 14.8. The fraction of sp³-hybridized carbons (Fsp3) is 0.455. The van der Waals surface area contributed by atoms with Crippen molar-refractivity contribution in [2.24, 2.45) is 0 Å². The molecule has 2 aliphatic carbocycles. The maximum absolute atomic E-state index is 5.81. The van der Waals surface area contributed by atoms with Gasteiger partial charge in [-0.15, -0.1) is 0 Å². The molecule has 0 spiro atoms. The van der Waals surface area contributed by atoms with Gasteiger partial charge in [0.1, 0.15) is 5.75 Å². The van der Waals surface area contributed by atoms with Crippen LogP contribution < -0.4 is 4.74 Å². The Morgan fingerprint density at radius 3 is 1.91 bits per heavy atom. The SMILES string of the molecule is COc1ccc2c(c1-c1c(C)ccc3c1CCCC3)CCCC2. The monoisotopic (exact) mass is 306 g/mol. The molecule has 23 heavy (non-hydrogen) atoms. The molecule has 0 aromatic heterocycles. The van der Waals surface area contributed by atoms with Gasteiger partial charge >= 0.3 is 0 Å². The van der Waals surface area contributed by atoms with Crippen molar-refractivity contribution in [3.05, 3.63) is 52.1 Å². The van der Waals surface area contributed by atoms with E-state index in [4.69, 9.17) is 4.74 Å². The fourth-order valence-electron chi connectivity index (χ4n) is 4.54. The molecule has 0 amide bonds. The summed E-state index contributed by atoms with van der Waals surface area (Å²) in [4.78, 5) is 0. The summed E-state index contributed by atoms with van der Waals surface area (Å²) in [6.45, 7) is 2.27. The highest BCUT2D eigenvalue weighted by molar-refractivity contribution is 5.81. The second-order valence-electron chi connectivity index (χ2n) is 7.09. The lowest BCUT2D eigenvalue weighted by molar-refractivity contribution is 0.415. The van der Waals surface area contributed by atoms with Gasteiger partial charge in [0.2, 0.25) is 0 Å². The summed E-state index contributed by atoms with van der Waals surface area (Å²) in [6.07, 6.45) is 10.2. The number of hydrogen-bond acceptors (Lipinski definition) is 1. The van der Waals surface area contributed by atoms with Crippen molar-refractivity contribution in [1.29, 1.82) is 0 Å². The zero-order valence-corrected chi connectivity index (χ0v) is 14.4. The number of aryl methyl sites for hydroxylation is 3. The molecule has 2 aliphatic rings. The van der Waals surface area contributed by atoms with E-state index in [2.05, 4.69) is 31.2 Å². The summed E-state index contributed by atoms with van der Waals surface area (Å²) in [5, 5.41) is 0. The third-order valence-electron chi connectivity index (χ3n) is 5.71. The van der Waals surface area contributed by atoms with Gasteiger partial charge in [-0.25, -0.2) is 0 Å². The summed E-state index contributed by atoms with van der Waals surface area (Å²) >= 11 is 0. The first-order valence-corrected chi connectivity index (χ1v) is 9.10. The third kappa shape index (κ3) is 2.47. The minimum Gasteiger partial charge on any atom is -0.496 e. The standard InChI is InChI=1S/C22H26O/c1-15-11-12-16-7-3-5-9-18(16)21(15)22-19-10-6-4-8-17(19)13-14-20(22)23-2/h11-14H,3-10H2,1-2H3. The van der Waals surface area contributed by atoms with E-state index in [1.54, 1.807) is 22.3 Å². The van der Waals surface area contributed by atoms with Crippen molar-refractivity contribution < 1.29 is 4.74 Å². The van der Waals surface area contributed by atoms with Crippen LogP contribution >= 0.6 is 0 Å². The molecular formula is C22H26O. The molecule has 0 saturated heterocycles. The lowest BCUT2D eigenvalue weighted by atomic mass is 9.79. The van der Waals surface area contributed by atoms with Crippen LogP contribution in [0.5, 0.6) is 5.75 Å². The normalized spacial score (nSPS) is 16.6. The Hall–Kier alpha value is -1.76. The minimum absolute atomic E-state index is 1.06. The largest absolute Gasteiger partial charge is 0.496 e. The quantitative estimate of drug-likeness (QED) is 0.719. The van der Waals surface area contributed by atoms with Gasteiger partial charge in [-0.1, -0.05) is 18.2 Å². The second kappa shape index (κ2) is 6.03. The van der Waals surface area contributed by atoms with Crippen LogP contribution in [0.2, 0.25) is 0 Å². The number of ether oxygens (including phenoxy) is 1. The average Bonchev–Trinajstić information content (AvgIpc) is 2.61. The van der Waals surface area contributed by atoms with Crippen molar-refractivity contribution in [2.75, 3.05) is 7.11 Å². The number of fused-ring (bicyclic) bond motifs is 2. The Bertz CT molecular complexity index is 742. The molecule has 120 valence electrons. The van der Waals surface area contributed by atoms with Crippen molar-refractivity contribution in [3.8, 4) is 16.9 Å². The smallest absolute Gasteiger partial charge is 0.126 e. The van der Waals surface area contributed by atoms with Crippen LogP contribution in [-0.4, -0.2) is 7.11 Å². The van der Waals surface area contributed by atoms with Crippen molar-refractivity contribution >= 4 is 0 Å². The molecule has 0 N–H and O–H groups in total. The van der Waals surface area contributed by atoms with Gasteiger partial charge in [-0.3, -0.25) is 0 Å². The van der Waals surface area contributed by atoms with E-state index < -0.39 is 0 Å². The molecule has 0 saturated carbocycles. The van der Waals surface area contributed by atoms with Crippen LogP contribution in [-0.2, 0) is 25.7 Å². The first-order valence-electron chi connectivity index (χ1n) is 9.10. The summed E-state index contributed by atoms with van der Waals surface area (Å²) in [5.41, 5.74) is 10.5. The van der Waals surface area contributed by atoms with Crippen LogP contribution in [0.4, 0.5) is 0 Å². The molecule has 0 heterocycles. The lowest BCUT2D eigenvalue weighted by Crippen LogP contribution is -2.10. The molecule has 0 aliphatic heterocycles. The van der Waals surface area contributed by atoms with Crippen molar-refractivity contribution in [3.63, 3.8) is 0 Å². The van der Waals surface area contributed by atoms with Crippen LogP contribution in [0.3, 0.4) is 0 Å². The maximum atomic E-state index is 5.81. The van der Waals surface area contributed by atoms with E-state index in [0.29, 0.717) is 0 Å². The average molecular weight is 306 g/mol. The number of methoxy groups -OCH3 is 1. The van der Waals surface area contributed by atoms with Gasteiger partial charge in [0.25, 0.3) is 0 Å². The first-order chi connectivity index (χ1) is 11.3. The maximum Gasteiger partial charge on any atom is 0.126 e. The van der Waals surface area contributed by atoms with Gasteiger partial charge in [0.15, 0.2) is 0 Å². The predicted octanol–water partition coefficient (Wildman–Crippen LogP) is 5.43. The molecule has 4 rings (SSSR count). The highest BCUT2D eigenvalue weighted by Crippen LogP contribution is 2.43.